The smallest absolute Gasteiger partial charge is 0.200 e. The molecule has 4 heteroatoms. The van der Waals surface area contributed by atoms with E-state index >= 15 is 0 Å². The first-order valence-corrected chi connectivity index (χ1v) is 3.39. The molecule has 0 heterocycles. The van der Waals surface area contributed by atoms with Gasteiger partial charge in [-0.15, -0.1) is 0 Å². The zero-order valence-corrected chi connectivity index (χ0v) is 6.61. The summed E-state index contributed by atoms with van der Waals surface area (Å²) in [5, 5.41) is 27.1. The summed E-state index contributed by atoms with van der Waals surface area (Å²) in [6.45, 7) is -0.316. The van der Waals surface area contributed by atoms with Crippen LogP contribution in [0, 0.1) is 0 Å². The van der Waals surface area contributed by atoms with E-state index in [0.29, 0.717) is 0 Å². The molecule has 0 bridgehead atoms. The van der Waals surface area contributed by atoms with E-state index in [2.05, 4.69) is 0 Å². The summed E-state index contributed by atoms with van der Waals surface area (Å²) < 4.78 is 4.73. The Kier molecular flexibility index (Phi) is 2.40. The minimum absolute atomic E-state index is 0.185. The highest BCUT2D eigenvalue weighted by Crippen LogP contribution is 2.37. The summed E-state index contributed by atoms with van der Waals surface area (Å²) in [4.78, 5) is 0. The number of benzene rings is 1. The van der Waals surface area contributed by atoms with Crippen LogP contribution in [0.25, 0.3) is 0 Å². The Labute approximate surface area is 69.7 Å². The van der Waals surface area contributed by atoms with E-state index in [-0.39, 0.29) is 29.4 Å². The van der Waals surface area contributed by atoms with E-state index in [4.69, 9.17) is 9.84 Å². The Hall–Kier alpha value is -1.42. The molecule has 3 N–H and O–H groups in total. The molecule has 0 fully saturated rings. The van der Waals surface area contributed by atoms with E-state index in [1.165, 1.54) is 19.2 Å². The number of phenols is 2. The van der Waals surface area contributed by atoms with Gasteiger partial charge in [0.05, 0.1) is 13.7 Å². The molecule has 1 aromatic carbocycles. The third kappa shape index (κ3) is 1.29. The second kappa shape index (κ2) is 3.32. The molecule has 0 aliphatic heterocycles. The second-order valence-electron chi connectivity index (χ2n) is 2.28. The first-order chi connectivity index (χ1) is 5.70. The maximum absolute atomic E-state index is 9.22. The van der Waals surface area contributed by atoms with Gasteiger partial charge < -0.3 is 20.1 Å². The zero-order chi connectivity index (χ0) is 9.14. The summed E-state index contributed by atoms with van der Waals surface area (Å²) in [7, 11) is 1.38. The van der Waals surface area contributed by atoms with Gasteiger partial charge in [-0.25, -0.2) is 0 Å². The fourth-order valence-corrected chi connectivity index (χ4v) is 0.895. The van der Waals surface area contributed by atoms with Crippen LogP contribution in [-0.4, -0.2) is 22.4 Å². The van der Waals surface area contributed by atoms with E-state index < -0.39 is 0 Å². The van der Waals surface area contributed by atoms with Gasteiger partial charge in [-0.3, -0.25) is 0 Å². The summed E-state index contributed by atoms with van der Waals surface area (Å²) in [5.74, 6) is -0.495. The Morgan fingerprint density at radius 1 is 1.25 bits per heavy atom. The Morgan fingerprint density at radius 2 is 1.92 bits per heavy atom. The number of hydrogen-bond donors (Lipinski definition) is 3. The third-order valence-corrected chi connectivity index (χ3v) is 1.59. The van der Waals surface area contributed by atoms with E-state index in [9.17, 15) is 10.2 Å². The Balaban J connectivity index is 3.20. The van der Waals surface area contributed by atoms with Crippen molar-refractivity contribution in [3.8, 4) is 17.2 Å². The van der Waals surface area contributed by atoms with Crippen LogP contribution in [-0.2, 0) is 6.61 Å². The number of aliphatic hydroxyl groups is 1. The highest BCUT2D eigenvalue weighted by molar-refractivity contribution is 5.53. The van der Waals surface area contributed by atoms with Crippen molar-refractivity contribution in [1.29, 1.82) is 0 Å². The van der Waals surface area contributed by atoms with Gasteiger partial charge in [0.1, 0.15) is 0 Å². The number of rotatable bonds is 2. The van der Waals surface area contributed by atoms with Crippen LogP contribution in [0.1, 0.15) is 5.56 Å². The van der Waals surface area contributed by atoms with E-state index in [0.717, 1.165) is 0 Å². The predicted molar refractivity (Wildman–Crippen MR) is 42.2 cm³/mol. The second-order valence-corrected chi connectivity index (χ2v) is 2.28. The average Bonchev–Trinajstić information content (AvgIpc) is 2.10. The lowest BCUT2D eigenvalue weighted by Crippen LogP contribution is -1.88. The first kappa shape index (κ1) is 8.67. The van der Waals surface area contributed by atoms with Gasteiger partial charge in [0.15, 0.2) is 11.5 Å². The number of aliphatic hydroxyl groups excluding tert-OH is 1. The highest BCUT2D eigenvalue weighted by Gasteiger charge is 2.10. The minimum Gasteiger partial charge on any atom is -0.504 e. The van der Waals surface area contributed by atoms with Crippen molar-refractivity contribution < 1.29 is 20.1 Å². The summed E-state index contributed by atoms with van der Waals surface area (Å²) in [6.07, 6.45) is 0. The van der Waals surface area contributed by atoms with Crippen LogP contribution in [0.2, 0.25) is 0 Å². The molecule has 1 aromatic rings. The molecule has 0 aromatic heterocycles. The lowest BCUT2D eigenvalue weighted by atomic mass is 10.2. The van der Waals surface area contributed by atoms with Gasteiger partial charge >= 0.3 is 0 Å². The normalized spacial score (nSPS) is 9.83. The molecular formula is C8H10O4. The largest absolute Gasteiger partial charge is 0.504 e. The molecule has 4 nitrogen and oxygen atoms in total. The molecule has 1 rings (SSSR count). The van der Waals surface area contributed by atoms with Crippen molar-refractivity contribution in [3.05, 3.63) is 17.7 Å². The molecule has 66 valence electrons. The molecule has 0 amide bonds. The van der Waals surface area contributed by atoms with Crippen LogP contribution >= 0.6 is 0 Å². The van der Waals surface area contributed by atoms with Gasteiger partial charge in [0.2, 0.25) is 5.75 Å². The number of phenolic OH excluding ortho intramolecular Hbond substituents is 1. The fraction of sp³-hybridized carbons (Fsp3) is 0.250. The maximum atomic E-state index is 9.22. The number of aromatic hydroxyl groups is 2. The van der Waals surface area contributed by atoms with Gasteiger partial charge in [-0.05, 0) is 12.1 Å². The van der Waals surface area contributed by atoms with Crippen LogP contribution in [0.5, 0.6) is 17.2 Å². The van der Waals surface area contributed by atoms with Crippen molar-refractivity contribution in [1.82, 2.24) is 0 Å². The van der Waals surface area contributed by atoms with E-state index in [1.807, 2.05) is 0 Å². The van der Waals surface area contributed by atoms with Gasteiger partial charge in [0, 0.05) is 5.56 Å². The van der Waals surface area contributed by atoms with Gasteiger partial charge in [0.25, 0.3) is 0 Å². The fourth-order valence-electron chi connectivity index (χ4n) is 0.895. The predicted octanol–water partition coefficient (Wildman–Crippen LogP) is 0.599. The first-order valence-electron chi connectivity index (χ1n) is 3.39. The Morgan fingerprint density at radius 3 is 2.42 bits per heavy atom. The van der Waals surface area contributed by atoms with E-state index in [1.54, 1.807) is 0 Å². The lowest BCUT2D eigenvalue weighted by molar-refractivity contribution is 0.271. The lowest BCUT2D eigenvalue weighted by Gasteiger charge is -2.07. The zero-order valence-electron chi connectivity index (χ0n) is 6.61. The van der Waals surface area contributed by atoms with Crippen molar-refractivity contribution in [2.45, 2.75) is 6.61 Å². The molecule has 0 aliphatic carbocycles. The van der Waals surface area contributed by atoms with Crippen LogP contribution in [0.3, 0.4) is 0 Å². The van der Waals surface area contributed by atoms with Crippen LogP contribution < -0.4 is 4.74 Å². The summed E-state index contributed by atoms with van der Waals surface area (Å²) >= 11 is 0. The molecule has 12 heavy (non-hydrogen) atoms. The SMILES string of the molecule is COc1ccc(CO)c(O)c1O. The molecule has 0 radical (unpaired) electrons. The number of methoxy groups -OCH3 is 1. The van der Waals surface area contributed by atoms with Crippen LogP contribution in [0.15, 0.2) is 12.1 Å². The molecule has 0 saturated carbocycles. The Bertz CT molecular complexity index is 254. The van der Waals surface area contributed by atoms with Crippen LogP contribution in [0.4, 0.5) is 0 Å². The molecular weight excluding hydrogens is 160 g/mol. The molecule has 0 atom stereocenters. The van der Waals surface area contributed by atoms with Gasteiger partial charge in [-0.2, -0.15) is 0 Å². The third-order valence-electron chi connectivity index (χ3n) is 1.59. The minimum atomic E-state index is -0.343. The molecule has 0 spiro atoms. The number of hydrogen-bond acceptors (Lipinski definition) is 4. The van der Waals surface area contributed by atoms with Crippen molar-refractivity contribution in [3.63, 3.8) is 0 Å². The quantitative estimate of drug-likeness (QED) is 0.568. The highest BCUT2D eigenvalue weighted by atomic mass is 16.5. The van der Waals surface area contributed by atoms with Crippen molar-refractivity contribution >= 4 is 0 Å². The van der Waals surface area contributed by atoms with Crippen molar-refractivity contribution in [2.75, 3.05) is 7.11 Å². The number of ether oxygens (including phenoxy) is 1. The standard InChI is InChI=1S/C8H10O4/c1-12-6-3-2-5(4-9)7(10)8(6)11/h2-3,9-11H,4H2,1H3. The topological polar surface area (TPSA) is 69.9 Å². The average molecular weight is 170 g/mol. The summed E-state index contributed by atoms with van der Waals surface area (Å²) in [6, 6.07) is 2.95. The summed E-state index contributed by atoms with van der Waals surface area (Å²) in [5.41, 5.74) is 0.272. The van der Waals surface area contributed by atoms with Gasteiger partial charge in [-0.1, -0.05) is 0 Å². The maximum Gasteiger partial charge on any atom is 0.200 e. The van der Waals surface area contributed by atoms with Crippen molar-refractivity contribution in [2.24, 2.45) is 0 Å². The molecule has 0 aliphatic rings. The monoisotopic (exact) mass is 170 g/mol. The molecule has 0 saturated heterocycles. The molecule has 0 unspecified atom stereocenters.